The number of ether oxygens (including phenoxy) is 5. The van der Waals surface area contributed by atoms with Gasteiger partial charge in [-0.3, -0.25) is 4.79 Å². The molecule has 2 fully saturated rings. The van der Waals surface area contributed by atoms with Gasteiger partial charge in [0.05, 0.1) is 26.6 Å². The van der Waals surface area contributed by atoms with Crippen LogP contribution in [-0.2, 0) is 25.6 Å². The van der Waals surface area contributed by atoms with Gasteiger partial charge < -0.3 is 43.6 Å². The molecular formula is C21H25NO9. The molecule has 168 valence electrons. The summed E-state index contributed by atoms with van der Waals surface area (Å²) in [5.74, 6) is 0.810. The number of hydrogen-bond donors (Lipinski definition) is 3. The SMILES string of the molecule is COc1cc(CO)ccc1OC1OC2COC(c3ccco3)OC2C(O)C1NC(C)=O. The monoisotopic (exact) mass is 435 g/mol. The van der Waals surface area contributed by atoms with Gasteiger partial charge in [0.15, 0.2) is 17.3 Å². The standard InChI is InChI=1S/C21H25NO9/c1-11(24)22-17-18(25)19-16(10-28-20(31-19)14-4-3-7-27-14)30-21(17)29-13-6-5-12(9-23)8-15(13)26-2/h3-8,16-21,23,25H,9-10H2,1-2H3,(H,22,24). The summed E-state index contributed by atoms with van der Waals surface area (Å²) < 4.78 is 34.2. The molecular weight excluding hydrogens is 410 g/mol. The van der Waals surface area contributed by atoms with Crippen LogP contribution in [0.2, 0.25) is 0 Å². The molecule has 0 aliphatic carbocycles. The number of furan rings is 1. The molecule has 1 aromatic carbocycles. The summed E-state index contributed by atoms with van der Waals surface area (Å²) in [6.07, 6.45) is -2.89. The summed E-state index contributed by atoms with van der Waals surface area (Å²) in [5.41, 5.74) is 0.644. The second-order valence-electron chi connectivity index (χ2n) is 7.30. The molecule has 1 aromatic heterocycles. The average molecular weight is 435 g/mol. The lowest BCUT2D eigenvalue weighted by Gasteiger charge is -2.47. The Balaban J connectivity index is 1.55. The van der Waals surface area contributed by atoms with Crippen LogP contribution in [0.4, 0.5) is 0 Å². The third-order valence-electron chi connectivity index (χ3n) is 5.16. The number of carbonyl (C=O) groups excluding carboxylic acids is 1. The molecule has 0 bridgehead atoms. The first-order valence-corrected chi connectivity index (χ1v) is 9.85. The molecule has 1 amide bonds. The van der Waals surface area contributed by atoms with E-state index in [1.807, 2.05) is 0 Å². The zero-order valence-corrected chi connectivity index (χ0v) is 17.1. The fourth-order valence-electron chi connectivity index (χ4n) is 3.68. The molecule has 31 heavy (non-hydrogen) atoms. The van der Waals surface area contributed by atoms with Crippen molar-refractivity contribution in [2.75, 3.05) is 13.7 Å². The van der Waals surface area contributed by atoms with Gasteiger partial charge in [-0.25, -0.2) is 0 Å². The highest BCUT2D eigenvalue weighted by atomic mass is 16.8. The number of nitrogens with one attached hydrogen (secondary N) is 1. The second-order valence-corrected chi connectivity index (χ2v) is 7.30. The first kappa shape index (κ1) is 21.6. The van der Waals surface area contributed by atoms with Crippen LogP contribution in [0.25, 0.3) is 0 Å². The molecule has 4 rings (SSSR count). The predicted octanol–water partition coefficient (Wildman–Crippen LogP) is 0.864. The van der Waals surface area contributed by atoms with E-state index in [0.29, 0.717) is 22.8 Å². The summed E-state index contributed by atoms with van der Waals surface area (Å²) in [7, 11) is 1.47. The fraction of sp³-hybridized carbons (Fsp3) is 0.476. The average Bonchev–Trinajstić information content (AvgIpc) is 3.31. The number of aliphatic hydroxyl groups is 2. The van der Waals surface area contributed by atoms with E-state index in [-0.39, 0.29) is 19.1 Å². The van der Waals surface area contributed by atoms with E-state index in [9.17, 15) is 15.0 Å². The van der Waals surface area contributed by atoms with Crippen LogP contribution in [0.15, 0.2) is 41.0 Å². The molecule has 2 aliphatic rings. The highest BCUT2D eigenvalue weighted by molar-refractivity contribution is 5.73. The van der Waals surface area contributed by atoms with Crippen LogP contribution >= 0.6 is 0 Å². The van der Waals surface area contributed by atoms with Gasteiger partial charge in [0.2, 0.25) is 18.5 Å². The third-order valence-corrected chi connectivity index (χ3v) is 5.16. The molecule has 2 aromatic rings. The molecule has 0 spiro atoms. The smallest absolute Gasteiger partial charge is 0.223 e. The van der Waals surface area contributed by atoms with Crippen molar-refractivity contribution in [3.05, 3.63) is 47.9 Å². The van der Waals surface area contributed by atoms with Gasteiger partial charge in [-0.15, -0.1) is 0 Å². The van der Waals surface area contributed by atoms with E-state index in [0.717, 1.165) is 0 Å². The van der Waals surface area contributed by atoms with Crippen molar-refractivity contribution in [3.63, 3.8) is 0 Å². The highest BCUT2D eigenvalue weighted by Gasteiger charge is 2.51. The molecule has 3 heterocycles. The van der Waals surface area contributed by atoms with Crippen LogP contribution in [0.3, 0.4) is 0 Å². The summed E-state index contributed by atoms with van der Waals surface area (Å²) in [5, 5.41) is 23.0. The van der Waals surface area contributed by atoms with Crippen LogP contribution in [0.1, 0.15) is 24.5 Å². The van der Waals surface area contributed by atoms with Gasteiger partial charge in [-0.1, -0.05) is 6.07 Å². The maximum Gasteiger partial charge on any atom is 0.223 e. The van der Waals surface area contributed by atoms with Crippen molar-refractivity contribution >= 4 is 5.91 Å². The van der Waals surface area contributed by atoms with E-state index in [4.69, 9.17) is 28.1 Å². The first-order chi connectivity index (χ1) is 15.0. The van der Waals surface area contributed by atoms with Gasteiger partial charge in [0.1, 0.15) is 24.4 Å². The van der Waals surface area contributed by atoms with Gasteiger partial charge in [-0.2, -0.15) is 0 Å². The zero-order chi connectivity index (χ0) is 22.0. The highest BCUT2D eigenvalue weighted by Crippen LogP contribution is 2.36. The predicted molar refractivity (Wildman–Crippen MR) is 104 cm³/mol. The normalized spacial score (nSPS) is 30.3. The Morgan fingerprint density at radius 3 is 2.77 bits per heavy atom. The van der Waals surface area contributed by atoms with Crippen LogP contribution in [0, 0.1) is 0 Å². The summed E-state index contributed by atoms with van der Waals surface area (Å²) in [6, 6.07) is 7.43. The first-order valence-electron chi connectivity index (χ1n) is 9.85. The molecule has 2 aliphatic heterocycles. The number of benzene rings is 1. The quantitative estimate of drug-likeness (QED) is 0.605. The lowest BCUT2D eigenvalue weighted by atomic mass is 9.96. The molecule has 0 saturated carbocycles. The van der Waals surface area contributed by atoms with Crippen LogP contribution in [-0.4, -0.2) is 60.5 Å². The molecule has 0 radical (unpaired) electrons. The maximum atomic E-state index is 11.8. The minimum Gasteiger partial charge on any atom is -0.493 e. The largest absolute Gasteiger partial charge is 0.493 e. The number of fused-ring (bicyclic) bond motifs is 1. The Kier molecular flexibility index (Phi) is 6.44. The molecule has 10 nitrogen and oxygen atoms in total. The topological polar surface area (TPSA) is 129 Å². The van der Waals surface area contributed by atoms with Gasteiger partial charge in [-0.05, 0) is 29.8 Å². The number of aliphatic hydroxyl groups excluding tert-OH is 2. The van der Waals surface area contributed by atoms with E-state index < -0.39 is 36.9 Å². The van der Waals surface area contributed by atoms with E-state index in [1.165, 1.54) is 20.3 Å². The molecule has 10 heteroatoms. The number of rotatable bonds is 6. The number of amides is 1. The van der Waals surface area contributed by atoms with Crippen molar-refractivity contribution in [2.45, 2.75) is 50.5 Å². The van der Waals surface area contributed by atoms with E-state index in [2.05, 4.69) is 5.32 Å². The van der Waals surface area contributed by atoms with Crippen molar-refractivity contribution in [1.82, 2.24) is 5.32 Å². The Labute approximate surface area is 178 Å². The minimum absolute atomic E-state index is 0.125. The number of hydrogen-bond acceptors (Lipinski definition) is 9. The molecule has 6 unspecified atom stereocenters. The van der Waals surface area contributed by atoms with Crippen LogP contribution in [0.5, 0.6) is 11.5 Å². The molecule has 2 saturated heterocycles. The van der Waals surface area contributed by atoms with Crippen molar-refractivity contribution < 1.29 is 43.1 Å². The van der Waals surface area contributed by atoms with Crippen molar-refractivity contribution in [1.29, 1.82) is 0 Å². The Hall–Kier alpha value is -2.63. The molecule has 6 atom stereocenters. The second kappa shape index (κ2) is 9.25. The maximum absolute atomic E-state index is 11.8. The minimum atomic E-state index is -1.14. The zero-order valence-electron chi connectivity index (χ0n) is 17.1. The van der Waals surface area contributed by atoms with Crippen molar-refractivity contribution in [2.24, 2.45) is 0 Å². The van der Waals surface area contributed by atoms with Crippen molar-refractivity contribution in [3.8, 4) is 11.5 Å². The lowest BCUT2D eigenvalue weighted by Crippen LogP contribution is -2.67. The molecule has 3 N–H and O–H groups in total. The Morgan fingerprint density at radius 2 is 2.10 bits per heavy atom. The Bertz CT molecular complexity index is 887. The van der Waals surface area contributed by atoms with E-state index >= 15 is 0 Å². The van der Waals surface area contributed by atoms with E-state index in [1.54, 1.807) is 30.3 Å². The van der Waals surface area contributed by atoms with Gasteiger partial charge >= 0.3 is 0 Å². The fourth-order valence-corrected chi connectivity index (χ4v) is 3.68. The summed E-state index contributed by atoms with van der Waals surface area (Å²) >= 11 is 0. The van der Waals surface area contributed by atoms with Crippen LogP contribution < -0.4 is 14.8 Å². The van der Waals surface area contributed by atoms with Gasteiger partial charge in [0, 0.05) is 6.92 Å². The number of methoxy groups -OCH3 is 1. The van der Waals surface area contributed by atoms with Gasteiger partial charge in [0.25, 0.3) is 0 Å². The lowest BCUT2D eigenvalue weighted by molar-refractivity contribution is -0.336. The Morgan fingerprint density at radius 1 is 1.26 bits per heavy atom. The number of carbonyl (C=O) groups is 1. The summed E-state index contributed by atoms with van der Waals surface area (Å²) in [6.45, 7) is 1.31. The summed E-state index contributed by atoms with van der Waals surface area (Å²) in [4.78, 5) is 11.8. The third kappa shape index (κ3) is 4.53.